The van der Waals surface area contributed by atoms with Gasteiger partial charge in [0.15, 0.2) is 0 Å². The Labute approximate surface area is 112 Å². The topological polar surface area (TPSA) is 26.3 Å². The SMILES string of the molecule is O=C1CCCCC1Cc1cc(Cl)cc2c1OCC2. The summed E-state index contributed by atoms with van der Waals surface area (Å²) in [5, 5.41) is 0.762. The van der Waals surface area contributed by atoms with Crippen LogP contribution < -0.4 is 4.74 Å². The van der Waals surface area contributed by atoms with Crippen molar-refractivity contribution in [2.75, 3.05) is 6.61 Å². The minimum atomic E-state index is 0.172. The number of halogens is 1. The highest BCUT2D eigenvalue weighted by molar-refractivity contribution is 6.30. The van der Waals surface area contributed by atoms with Gasteiger partial charge in [-0.05, 0) is 42.5 Å². The predicted molar refractivity (Wildman–Crippen MR) is 71.3 cm³/mol. The second-order valence-corrected chi connectivity index (χ2v) is 5.70. The van der Waals surface area contributed by atoms with Crippen LogP contribution in [-0.2, 0) is 17.6 Å². The minimum absolute atomic E-state index is 0.172. The van der Waals surface area contributed by atoms with Gasteiger partial charge in [0.25, 0.3) is 0 Å². The average Bonchev–Trinajstić information content (AvgIpc) is 2.80. The number of hydrogen-bond acceptors (Lipinski definition) is 2. The monoisotopic (exact) mass is 264 g/mol. The van der Waals surface area contributed by atoms with Crippen molar-refractivity contribution in [2.45, 2.75) is 38.5 Å². The van der Waals surface area contributed by atoms with Crippen LogP contribution in [-0.4, -0.2) is 12.4 Å². The summed E-state index contributed by atoms with van der Waals surface area (Å²) in [5.41, 5.74) is 2.32. The molecule has 3 heteroatoms. The van der Waals surface area contributed by atoms with Gasteiger partial charge in [0.1, 0.15) is 11.5 Å². The zero-order valence-corrected chi connectivity index (χ0v) is 11.1. The van der Waals surface area contributed by atoms with Gasteiger partial charge in [0.05, 0.1) is 6.61 Å². The average molecular weight is 265 g/mol. The lowest BCUT2D eigenvalue weighted by molar-refractivity contribution is -0.124. The Kier molecular flexibility index (Phi) is 3.29. The van der Waals surface area contributed by atoms with E-state index in [0.29, 0.717) is 5.78 Å². The first-order chi connectivity index (χ1) is 8.74. The summed E-state index contributed by atoms with van der Waals surface area (Å²) in [7, 11) is 0. The van der Waals surface area contributed by atoms with Gasteiger partial charge in [-0.2, -0.15) is 0 Å². The maximum Gasteiger partial charge on any atom is 0.136 e. The standard InChI is InChI=1S/C15H17ClO2/c16-13-8-11-5-6-18-15(11)12(9-13)7-10-3-1-2-4-14(10)17/h8-10H,1-7H2. The van der Waals surface area contributed by atoms with E-state index in [-0.39, 0.29) is 5.92 Å². The number of benzene rings is 1. The van der Waals surface area contributed by atoms with Gasteiger partial charge in [0.2, 0.25) is 0 Å². The molecule has 1 aromatic carbocycles. The Hall–Kier alpha value is -1.02. The van der Waals surface area contributed by atoms with Crippen LogP contribution in [0.25, 0.3) is 0 Å². The van der Waals surface area contributed by atoms with Crippen molar-refractivity contribution in [3.05, 3.63) is 28.3 Å². The zero-order chi connectivity index (χ0) is 12.5. The Morgan fingerprint density at radius 1 is 1.28 bits per heavy atom. The number of ketones is 1. The van der Waals surface area contributed by atoms with Gasteiger partial charge in [-0.1, -0.05) is 18.0 Å². The largest absolute Gasteiger partial charge is 0.493 e. The van der Waals surface area contributed by atoms with Crippen LogP contribution in [0.1, 0.15) is 36.8 Å². The molecule has 1 unspecified atom stereocenters. The fourth-order valence-corrected chi connectivity index (χ4v) is 3.30. The predicted octanol–water partition coefficient (Wildman–Crippen LogP) is 3.58. The Morgan fingerprint density at radius 3 is 3.00 bits per heavy atom. The molecule has 1 aliphatic carbocycles. The summed E-state index contributed by atoms with van der Waals surface area (Å²) < 4.78 is 5.69. The number of Topliss-reactive ketones (excluding diaryl/α,β-unsaturated/α-hetero) is 1. The Morgan fingerprint density at radius 2 is 2.17 bits per heavy atom. The fraction of sp³-hybridized carbons (Fsp3) is 0.533. The van der Waals surface area contributed by atoms with Crippen LogP contribution in [0.3, 0.4) is 0 Å². The van der Waals surface area contributed by atoms with Crippen molar-refractivity contribution in [1.29, 1.82) is 0 Å². The van der Waals surface area contributed by atoms with Crippen molar-refractivity contribution < 1.29 is 9.53 Å². The summed E-state index contributed by atoms with van der Waals surface area (Å²) in [6.45, 7) is 0.737. The molecule has 0 radical (unpaired) electrons. The van der Waals surface area contributed by atoms with Gasteiger partial charge >= 0.3 is 0 Å². The Balaban J connectivity index is 1.86. The van der Waals surface area contributed by atoms with Gasteiger partial charge < -0.3 is 4.74 Å². The molecule has 2 aliphatic rings. The lowest BCUT2D eigenvalue weighted by Gasteiger charge is -2.21. The van der Waals surface area contributed by atoms with Crippen LogP contribution in [0.15, 0.2) is 12.1 Å². The number of carbonyl (C=O) groups is 1. The van der Waals surface area contributed by atoms with Crippen LogP contribution >= 0.6 is 11.6 Å². The van der Waals surface area contributed by atoms with Gasteiger partial charge in [-0.3, -0.25) is 4.79 Å². The van der Waals surface area contributed by atoms with E-state index in [2.05, 4.69) is 0 Å². The lowest BCUT2D eigenvalue weighted by Crippen LogP contribution is -2.21. The normalized spacial score (nSPS) is 22.7. The molecule has 0 bridgehead atoms. The molecule has 1 saturated carbocycles. The van der Waals surface area contributed by atoms with E-state index >= 15 is 0 Å². The first-order valence-corrected chi connectivity index (χ1v) is 7.08. The first kappa shape index (κ1) is 12.0. The first-order valence-electron chi connectivity index (χ1n) is 6.71. The molecular formula is C15H17ClO2. The molecular weight excluding hydrogens is 248 g/mol. The molecule has 1 aromatic rings. The van der Waals surface area contributed by atoms with E-state index in [0.717, 1.165) is 55.0 Å². The third kappa shape index (κ3) is 2.26. The number of hydrogen-bond donors (Lipinski definition) is 0. The quantitative estimate of drug-likeness (QED) is 0.816. The van der Waals surface area contributed by atoms with Crippen LogP contribution in [0.4, 0.5) is 0 Å². The third-order valence-corrected chi connectivity index (χ3v) is 4.19. The molecule has 0 spiro atoms. The minimum Gasteiger partial charge on any atom is -0.493 e. The lowest BCUT2D eigenvalue weighted by atomic mass is 9.83. The molecule has 0 N–H and O–H groups in total. The highest BCUT2D eigenvalue weighted by Gasteiger charge is 2.25. The molecule has 3 rings (SSSR count). The maximum absolute atomic E-state index is 11.9. The summed E-state index contributed by atoms with van der Waals surface area (Å²) in [5.74, 6) is 1.57. The summed E-state index contributed by atoms with van der Waals surface area (Å²) in [6, 6.07) is 3.95. The van der Waals surface area contributed by atoms with Crippen LogP contribution in [0.2, 0.25) is 5.02 Å². The zero-order valence-electron chi connectivity index (χ0n) is 10.4. The van der Waals surface area contributed by atoms with Crippen molar-refractivity contribution in [1.82, 2.24) is 0 Å². The summed E-state index contributed by atoms with van der Waals surface area (Å²) >= 11 is 6.14. The van der Waals surface area contributed by atoms with Gasteiger partial charge in [-0.25, -0.2) is 0 Å². The van der Waals surface area contributed by atoms with Crippen molar-refractivity contribution in [2.24, 2.45) is 5.92 Å². The molecule has 2 nitrogen and oxygen atoms in total. The van der Waals surface area contributed by atoms with E-state index in [9.17, 15) is 4.79 Å². The van der Waals surface area contributed by atoms with E-state index in [4.69, 9.17) is 16.3 Å². The number of fused-ring (bicyclic) bond motifs is 1. The molecule has 18 heavy (non-hydrogen) atoms. The number of rotatable bonds is 2. The van der Waals surface area contributed by atoms with Gasteiger partial charge in [0, 0.05) is 23.8 Å². The van der Waals surface area contributed by atoms with Gasteiger partial charge in [-0.15, -0.1) is 0 Å². The van der Waals surface area contributed by atoms with E-state index in [1.807, 2.05) is 12.1 Å². The molecule has 1 fully saturated rings. The van der Waals surface area contributed by atoms with E-state index < -0.39 is 0 Å². The molecule has 1 atom stereocenters. The van der Waals surface area contributed by atoms with Crippen molar-refractivity contribution in [3.8, 4) is 5.75 Å². The van der Waals surface area contributed by atoms with Crippen LogP contribution in [0, 0.1) is 5.92 Å². The van der Waals surface area contributed by atoms with E-state index in [1.54, 1.807) is 0 Å². The fourth-order valence-electron chi connectivity index (χ4n) is 3.03. The summed E-state index contributed by atoms with van der Waals surface area (Å²) in [6.07, 6.45) is 5.71. The van der Waals surface area contributed by atoms with Crippen molar-refractivity contribution in [3.63, 3.8) is 0 Å². The number of ether oxygens (including phenoxy) is 1. The summed E-state index contributed by atoms with van der Waals surface area (Å²) in [4.78, 5) is 11.9. The smallest absolute Gasteiger partial charge is 0.136 e. The third-order valence-electron chi connectivity index (χ3n) is 3.97. The molecule has 96 valence electrons. The molecule has 1 heterocycles. The second-order valence-electron chi connectivity index (χ2n) is 5.26. The van der Waals surface area contributed by atoms with Crippen LogP contribution in [0.5, 0.6) is 5.75 Å². The number of carbonyl (C=O) groups excluding carboxylic acids is 1. The van der Waals surface area contributed by atoms with Crippen molar-refractivity contribution >= 4 is 17.4 Å². The Bertz CT molecular complexity index is 482. The highest BCUT2D eigenvalue weighted by atomic mass is 35.5. The molecule has 0 saturated heterocycles. The highest BCUT2D eigenvalue weighted by Crippen LogP contribution is 2.36. The maximum atomic E-state index is 11.9. The molecule has 0 amide bonds. The second kappa shape index (κ2) is 4.93. The molecule has 1 aliphatic heterocycles. The van der Waals surface area contributed by atoms with E-state index in [1.165, 1.54) is 12.0 Å². The molecule has 0 aromatic heterocycles.